The smallest absolute Gasteiger partial charge is 0.385 e. The van der Waals surface area contributed by atoms with Crippen molar-refractivity contribution in [1.82, 2.24) is 4.98 Å². The van der Waals surface area contributed by atoms with Crippen LogP contribution in [-0.4, -0.2) is 10.1 Å². The van der Waals surface area contributed by atoms with Crippen LogP contribution >= 0.6 is 0 Å². The summed E-state index contributed by atoms with van der Waals surface area (Å²) in [6, 6.07) is 2.76. The minimum absolute atomic E-state index is 0.275. The van der Waals surface area contributed by atoms with Crippen LogP contribution in [0.3, 0.4) is 0 Å². The summed E-state index contributed by atoms with van der Waals surface area (Å²) in [5.74, 6) is -1.33. The van der Waals surface area contributed by atoms with Crippen molar-refractivity contribution in [2.24, 2.45) is 0 Å². The summed E-state index contributed by atoms with van der Waals surface area (Å²) in [4.78, 5) is 4.04. The van der Waals surface area contributed by atoms with E-state index in [0.717, 1.165) is 11.6 Å². The molecule has 1 aromatic heterocycles. The molecule has 22 heavy (non-hydrogen) atoms. The fourth-order valence-electron chi connectivity index (χ4n) is 2.96. The van der Waals surface area contributed by atoms with Crippen molar-refractivity contribution in [1.29, 1.82) is 0 Å². The van der Waals surface area contributed by atoms with Crippen molar-refractivity contribution in [3.05, 3.63) is 53.1 Å². The highest BCUT2D eigenvalue weighted by molar-refractivity contribution is 5.70. The first-order valence-corrected chi connectivity index (χ1v) is 6.77. The largest absolute Gasteiger partial charge is 0.419 e. The molecular formula is C16H13F4NO. The topological polar surface area (TPSA) is 33.1 Å². The maximum Gasteiger partial charge on any atom is 0.419 e. The van der Waals surface area contributed by atoms with E-state index in [1.54, 1.807) is 13.1 Å². The van der Waals surface area contributed by atoms with E-state index < -0.39 is 23.2 Å². The van der Waals surface area contributed by atoms with Gasteiger partial charge in [-0.25, -0.2) is 4.39 Å². The lowest BCUT2D eigenvalue weighted by Gasteiger charge is -2.21. The molecule has 1 atom stereocenters. The lowest BCUT2D eigenvalue weighted by Crippen LogP contribution is -2.18. The van der Waals surface area contributed by atoms with Gasteiger partial charge in [-0.1, -0.05) is 6.07 Å². The Morgan fingerprint density at radius 1 is 1.23 bits per heavy atom. The van der Waals surface area contributed by atoms with Gasteiger partial charge in [-0.2, -0.15) is 13.2 Å². The summed E-state index contributed by atoms with van der Waals surface area (Å²) >= 11 is 0. The van der Waals surface area contributed by atoms with Gasteiger partial charge >= 0.3 is 6.18 Å². The molecule has 1 unspecified atom stereocenters. The molecule has 0 fully saturated rings. The van der Waals surface area contributed by atoms with Gasteiger partial charge in [0.05, 0.1) is 11.2 Å². The van der Waals surface area contributed by atoms with Crippen LogP contribution in [0.5, 0.6) is 0 Å². The first kappa shape index (κ1) is 15.0. The van der Waals surface area contributed by atoms with E-state index in [4.69, 9.17) is 0 Å². The van der Waals surface area contributed by atoms with Crippen LogP contribution in [0.25, 0.3) is 11.1 Å². The average molecular weight is 311 g/mol. The molecule has 1 aromatic carbocycles. The second-order valence-corrected chi connectivity index (χ2v) is 5.69. The van der Waals surface area contributed by atoms with Crippen molar-refractivity contribution in [2.45, 2.75) is 31.5 Å². The summed E-state index contributed by atoms with van der Waals surface area (Å²) < 4.78 is 51.7. The fraction of sp³-hybridized carbons (Fsp3) is 0.312. The van der Waals surface area contributed by atoms with Gasteiger partial charge in [0.15, 0.2) is 0 Å². The van der Waals surface area contributed by atoms with Gasteiger partial charge < -0.3 is 5.11 Å². The Morgan fingerprint density at radius 3 is 2.59 bits per heavy atom. The van der Waals surface area contributed by atoms with Crippen LogP contribution in [0.4, 0.5) is 17.6 Å². The molecule has 1 aliphatic rings. The van der Waals surface area contributed by atoms with Crippen molar-refractivity contribution < 1.29 is 22.7 Å². The summed E-state index contributed by atoms with van der Waals surface area (Å²) in [6.45, 7) is 1.64. The minimum atomic E-state index is -4.73. The monoisotopic (exact) mass is 311 g/mol. The normalized spacial score (nSPS) is 21.0. The van der Waals surface area contributed by atoms with E-state index >= 15 is 0 Å². The number of aromatic nitrogens is 1. The molecule has 2 aromatic rings. The van der Waals surface area contributed by atoms with Gasteiger partial charge in [-0.3, -0.25) is 4.98 Å². The second-order valence-electron chi connectivity index (χ2n) is 5.69. The van der Waals surface area contributed by atoms with E-state index in [0.29, 0.717) is 30.0 Å². The van der Waals surface area contributed by atoms with E-state index in [-0.39, 0.29) is 5.56 Å². The number of benzene rings is 1. The molecule has 116 valence electrons. The van der Waals surface area contributed by atoms with E-state index in [2.05, 4.69) is 4.98 Å². The zero-order valence-electron chi connectivity index (χ0n) is 11.7. The Balaban J connectivity index is 2.15. The predicted molar refractivity (Wildman–Crippen MR) is 72.5 cm³/mol. The number of alkyl halides is 3. The Labute approximate surface area is 124 Å². The molecule has 3 rings (SSSR count). The number of nitrogens with zero attached hydrogens (tertiary/aromatic N) is 1. The number of halogens is 4. The lowest BCUT2D eigenvalue weighted by molar-refractivity contribution is -0.139. The van der Waals surface area contributed by atoms with Crippen molar-refractivity contribution in [2.75, 3.05) is 0 Å². The molecule has 0 bridgehead atoms. The number of hydrogen-bond acceptors (Lipinski definition) is 2. The average Bonchev–Trinajstić information content (AvgIpc) is 2.73. The number of aryl methyl sites for hydroxylation is 1. The van der Waals surface area contributed by atoms with E-state index in [9.17, 15) is 22.7 Å². The zero-order valence-corrected chi connectivity index (χ0v) is 11.7. The van der Waals surface area contributed by atoms with Crippen LogP contribution in [-0.2, 0) is 18.2 Å². The first-order valence-electron chi connectivity index (χ1n) is 6.77. The number of rotatable bonds is 1. The van der Waals surface area contributed by atoms with Crippen molar-refractivity contribution >= 4 is 0 Å². The quantitative estimate of drug-likeness (QED) is 0.806. The summed E-state index contributed by atoms with van der Waals surface area (Å²) in [7, 11) is 0. The van der Waals surface area contributed by atoms with Crippen molar-refractivity contribution in [3.8, 4) is 11.1 Å². The maximum absolute atomic E-state index is 13.8. The molecule has 6 heteroatoms. The molecule has 1 aliphatic carbocycles. The number of pyridine rings is 1. The summed E-state index contributed by atoms with van der Waals surface area (Å²) in [6.07, 6.45) is -0.525. The third-order valence-corrected chi connectivity index (χ3v) is 4.03. The van der Waals surface area contributed by atoms with Crippen LogP contribution < -0.4 is 0 Å². The van der Waals surface area contributed by atoms with Crippen LogP contribution in [0.15, 0.2) is 30.6 Å². The molecule has 0 saturated heterocycles. The van der Waals surface area contributed by atoms with Crippen LogP contribution in [0.1, 0.15) is 30.0 Å². The Hall–Kier alpha value is -1.95. The molecular weight excluding hydrogens is 298 g/mol. The van der Waals surface area contributed by atoms with Gasteiger partial charge in [-0.15, -0.1) is 0 Å². The predicted octanol–water partition coefficient (Wildman–Crippen LogP) is 4.06. The third-order valence-electron chi connectivity index (χ3n) is 4.03. The molecule has 0 spiro atoms. The lowest BCUT2D eigenvalue weighted by atomic mass is 9.91. The van der Waals surface area contributed by atoms with E-state index in [1.807, 2.05) is 0 Å². The number of hydrogen-bond donors (Lipinski definition) is 1. The fourth-order valence-corrected chi connectivity index (χ4v) is 2.96. The highest BCUT2D eigenvalue weighted by Crippen LogP contribution is 2.42. The second kappa shape index (κ2) is 4.78. The molecule has 0 amide bonds. The molecule has 0 aliphatic heterocycles. The Morgan fingerprint density at radius 2 is 1.95 bits per heavy atom. The molecule has 0 saturated carbocycles. The SMILES string of the molecule is CC1(O)CCc2cncc(-c3ccc(C(F)(F)F)c(F)c3)c21. The van der Waals surface area contributed by atoms with E-state index in [1.165, 1.54) is 12.3 Å². The van der Waals surface area contributed by atoms with Crippen LogP contribution in [0, 0.1) is 5.82 Å². The molecule has 1 heterocycles. The van der Waals surface area contributed by atoms with Crippen molar-refractivity contribution in [3.63, 3.8) is 0 Å². The minimum Gasteiger partial charge on any atom is -0.385 e. The molecule has 2 nitrogen and oxygen atoms in total. The van der Waals surface area contributed by atoms with Gasteiger partial charge in [-0.05, 0) is 48.6 Å². The third kappa shape index (κ3) is 2.37. The van der Waals surface area contributed by atoms with Gasteiger partial charge in [0.25, 0.3) is 0 Å². The standard InChI is InChI=1S/C16H13F4NO/c1-15(22)5-4-10-7-21-8-11(14(10)15)9-2-3-12(13(17)6-9)16(18,19)20/h2-3,6-8,22H,4-5H2,1H3. The molecule has 1 N–H and O–H groups in total. The number of aliphatic hydroxyl groups is 1. The maximum atomic E-state index is 13.8. The van der Waals surface area contributed by atoms with Crippen LogP contribution in [0.2, 0.25) is 0 Å². The Kier molecular flexibility index (Phi) is 3.25. The Bertz CT molecular complexity index is 737. The van der Waals surface area contributed by atoms with Gasteiger partial charge in [0.1, 0.15) is 5.82 Å². The first-order chi connectivity index (χ1) is 10.2. The molecule has 0 radical (unpaired) electrons. The van der Waals surface area contributed by atoms with Gasteiger partial charge in [0.2, 0.25) is 0 Å². The number of fused-ring (bicyclic) bond motifs is 1. The highest BCUT2D eigenvalue weighted by Gasteiger charge is 2.36. The van der Waals surface area contributed by atoms with Gasteiger partial charge in [0, 0.05) is 18.0 Å². The highest BCUT2D eigenvalue weighted by atomic mass is 19.4. The summed E-state index contributed by atoms with van der Waals surface area (Å²) in [5.41, 5.74) is -0.204. The zero-order chi connectivity index (χ0) is 16.1. The summed E-state index contributed by atoms with van der Waals surface area (Å²) in [5, 5.41) is 10.4.